The fraction of sp³-hybridized carbons (Fsp3) is 0.526. The van der Waals surface area contributed by atoms with Gasteiger partial charge < -0.3 is 9.53 Å². The Hall–Kier alpha value is -1.65. The number of aliphatic hydroxyl groups is 1. The quantitative estimate of drug-likeness (QED) is 0.447. The predicted octanol–water partition coefficient (Wildman–Crippen LogP) is 6.33. The largest absolute Gasteiger partial charge is 0.433 e. The van der Waals surface area contributed by atoms with E-state index in [4.69, 9.17) is 4.43 Å². The molecule has 0 spiro atoms. The SMILES string of the molecule is CC(C)(C)[Si](C)(C)OC[C@H](O)c1cc(C(F)(F)F)nc2c(C(F)(F)F)cccc12. The molecule has 2 aromatic rings. The molecule has 0 saturated carbocycles. The number of benzene rings is 1. The summed E-state index contributed by atoms with van der Waals surface area (Å²) in [6, 6.07) is 3.54. The van der Waals surface area contributed by atoms with Gasteiger partial charge in [0.05, 0.1) is 17.7 Å². The highest BCUT2D eigenvalue weighted by atomic mass is 28.4. The Morgan fingerprint density at radius 3 is 2.10 bits per heavy atom. The second-order valence-electron chi connectivity index (χ2n) is 8.38. The van der Waals surface area contributed by atoms with Crippen LogP contribution in [0.25, 0.3) is 10.9 Å². The normalized spacial score (nSPS) is 15.0. The van der Waals surface area contributed by atoms with Gasteiger partial charge in [-0.1, -0.05) is 32.9 Å². The number of pyridine rings is 1. The van der Waals surface area contributed by atoms with Crippen LogP contribution in [0.1, 0.15) is 43.7 Å². The molecule has 0 amide bonds. The topological polar surface area (TPSA) is 42.4 Å². The van der Waals surface area contributed by atoms with Gasteiger partial charge in [0.15, 0.2) is 8.32 Å². The van der Waals surface area contributed by atoms with Crippen LogP contribution in [0, 0.1) is 0 Å². The van der Waals surface area contributed by atoms with Gasteiger partial charge in [0.2, 0.25) is 0 Å². The lowest BCUT2D eigenvalue weighted by Crippen LogP contribution is -2.41. The Bertz CT molecular complexity index is 887. The Kier molecular flexibility index (Phi) is 6.15. The third-order valence-corrected chi connectivity index (χ3v) is 9.74. The average molecular weight is 439 g/mol. The Morgan fingerprint density at radius 2 is 1.62 bits per heavy atom. The van der Waals surface area contributed by atoms with Crippen molar-refractivity contribution in [3.63, 3.8) is 0 Å². The summed E-state index contributed by atoms with van der Waals surface area (Å²) in [6.07, 6.45) is -11.4. The van der Waals surface area contributed by atoms with Gasteiger partial charge in [-0.15, -0.1) is 0 Å². The van der Waals surface area contributed by atoms with E-state index in [9.17, 15) is 31.4 Å². The van der Waals surface area contributed by atoms with E-state index >= 15 is 0 Å². The third kappa shape index (κ3) is 5.10. The fourth-order valence-electron chi connectivity index (χ4n) is 2.52. The molecule has 0 fully saturated rings. The maximum atomic E-state index is 13.3. The standard InChI is InChI=1S/C19H23F6NO2Si/c1-17(2,3)29(4,5)28-10-14(27)12-9-15(19(23,24)25)26-16-11(12)7-6-8-13(16)18(20,21)22/h6-9,14,27H,10H2,1-5H3/t14-/m0/s1. The van der Waals surface area contributed by atoms with Crippen LogP contribution in [0.15, 0.2) is 24.3 Å². The van der Waals surface area contributed by atoms with E-state index in [1.54, 1.807) is 0 Å². The maximum Gasteiger partial charge on any atom is 0.433 e. The van der Waals surface area contributed by atoms with Crippen molar-refractivity contribution in [2.45, 2.75) is 57.4 Å². The summed E-state index contributed by atoms with van der Waals surface area (Å²) in [5, 5.41) is 10.1. The van der Waals surface area contributed by atoms with E-state index < -0.39 is 43.5 Å². The van der Waals surface area contributed by atoms with Crippen LogP contribution in [0.2, 0.25) is 18.1 Å². The van der Waals surface area contributed by atoms with Crippen LogP contribution in [-0.2, 0) is 16.8 Å². The van der Waals surface area contributed by atoms with E-state index in [1.165, 1.54) is 6.07 Å². The predicted molar refractivity (Wildman–Crippen MR) is 99.9 cm³/mol. The van der Waals surface area contributed by atoms with Crippen molar-refractivity contribution < 1.29 is 35.9 Å². The third-order valence-electron chi connectivity index (χ3n) is 5.23. The zero-order chi connectivity index (χ0) is 22.4. The molecule has 1 heterocycles. The number of hydrogen-bond acceptors (Lipinski definition) is 3. The highest BCUT2D eigenvalue weighted by molar-refractivity contribution is 6.74. The minimum Gasteiger partial charge on any atom is -0.414 e. The Labute approximate surface area is 165 Å². The summed E-state index contributed by atoms with van der Waals surface area (Å²) in [5.41, 5.74) is -3.94. The lowest BCUT2D eigenvalue weighted by Gasteiger charge is -2.36. The number of rotatable bonds is 4. The molecule has 10 heteroatoms. The first-order chi connectivity index (χ1) is 12.9. The first-order valence-electron chi connectivity index (χ1n) is 8.85. The minimum absolute atomic E-state index is 0.195. The molecule has 2 rings (SSSR count). The first-order valence-corrected chi connectivity index (χ1v) is 11.8. The van der Waals surface area contributed by atoms with E-state index in [0.29, 0.717) is 12.1 Å². The fourth-order valence-corrected chi connectivity index (χ4v) is 3.53. The summed E-state index contributed by atoms with van der Waals surface area (Å²) in [6.45, 7) is 9.31. The van der Waals surface area contributed by atoms with Crippen molar-refractivity contribution in [3.05, 3.63) is 41.1 Å². The van der Waals surface area contributed by atoms with Crippen molar-refractivity contribution in [2.75, 3.05) is 6.61 Å². The number of aromatic nitrogens is 1. The molecule has 1 aromatic heterocycles. The van der Waals surface area contributed by atoms with E-state index in [1.807, 2.05) is 33.9 Å². The number of nitrogens with zero attached hydrogens (tertiary/aromatic N) is 1. The van der Waals surface area contributed by atoms with Crippen LogP contribution in [0.3, 0.4) is 0 Å². The molecule has 1 atom stereocenters. The summed E-state index contributed by atoms with van der Waals surface area (Å²) in [5.74, 6) is 0. The summed E-state index contributed by atoms with van der Waals surface area (Å²) < 4.78 is 85.6. The van der Waals surface area contributed by atoms with Crippen LogP contribution in [0.5, 0.6) is 0 Å². The minimum atomic E-state index is -4.97. The lowest BCUT2D eigenvalue weighted by atomic mass is 10.00. The maximum absolute atomic E-state index is 13.3. The van der Waals surface area contributed by atoms with Gasteiger partial charge in [-0.2, -0.15) is 26.3 Å². The molecule has 0 saturated heterocycles. The van der Waals surface area contributed by atoms with E-state index in [2.05, 4.69) is 4.98 Å². The second-order valence-corrected chi connectivity index (χ2v) is 13.2. The number of halogens is 6. The first kappa shape index (κ1) is 23.6. The number of para-hydroxylation sites is 1. The molecule has 162 valence electrons. The molecule has 3 nitrogen and oxygen atoms in total. The van der Waals surface area contributed by atoms with Crippen molar-refractivity contribution in [3.8, 4) is 0 Å². The molecule has 1 aromatic carbocycles. The summed E-state index contributed by atoms with van der Waals surface area (Å²) in [7, 11) is -2.34. The smallest absolute Gasteiger partial charge is 0.414 e. The highest BCUT2D eigenvalue weighted by Gasteiger charge is 2.40. The average Bonchev–Trinajstić information content (AvgIpc) is 2.55. The van der Waals surface area contributed by atoms with Crippen molar-refractivity contribution in [1.82, 2.24) is 4.98 Å². The highest BCUT2D eigenvalue weighted by Crippen LogP contribution is 2.40. The van der Waals surface area contributed by atoms with Gasteiger partial charge >= 0.3 is 12.4 Å². The zero-order valence-electron chi connectivity index (χ0n) is 16.7. The molecule has 1 N–H and O–H groups in total. The van der Waals surface area contributed by atoms with Crippen LogP contribution >= 0.6 is 0 Å². The molecule has 0 unspecified atom stereocenters. The lowest BCUT2D eigenvalue weighted by molar-refractivity contribution is -0.142. The van der Waals surface area contributed by atoms with Crippen molar-refractivity contribution in [1.29, 1.82) is 0 Å². The van der Waals surface area contributed by atoms with Gasteiger partial charge in [-0.25, -0.2) is 4.98 Å². The van der Waals surface area contributed by atoms with Crippen molar-refractivity contribution >= 4 is 19.2 Å². The van der Waals surface area contributed by atoms with Crippen molar-refractivity contribution in [2.24, 2.45) is 0 Å². The number of hydrogen-bond donors (Lipinski definition) is 1. The van der Waals surface area contributed by atoms with E-state index in [0.717, 1.165) is 6.07 Å². The second kappa shape index (κ2) is 7.55. The molecule has 0 aliphatic heterocycles. The van der Waals surface area contributed by atoms with Crippen LogP contribution in [0.4, 0.5) is 26.3 Å². The monoisotopic (exact) mass is 439 g/mol. The van der Waals surface area contributed by atoms with Gasteiger partial charge in [0.1, 0.15) is 11.8 Å². The zero-order valence-corrected chi connectivity index (χ0v) is 17.7. The molecular weight excluding hydrogens is 416 g/mol. The van der Waals surface area contributed by atoms with Gasteiger partial charge in [-0.3, -0.25) is 0 Å². The Balaban J connectivity index is 2.60. The van der Waals surface area contributed by atoms with Crippen LogP contribution in [-0.4, -0.2) is 25.0 Å². The number of alkyl halides is 6. The molecular formula is C19H23F6NO2Si. The molecule has 0 aliphatic carbocycles. The Morgan fingerprint density at radius 1 is 1.03 bits per heavy atom. The van der Waals surface area contributed by atoms with E-state index in [-0.39, 0.29) is 22.6 Å². The van der Waals surface area contributed by atoms with Gasteiger partial charge in [-0.05, 0) is 35.8 Å². The number of aliphatic hydroxyl groups excluding tert-OH is 1. The van der Waals surface area contributed by atoms with Gasteiger partial charge in [0, 0.05) is 5.39 Å². The molecule has 0 bridgehead atoms. The van der Waals surface area contributed by atoms with Crippen LogP contribution < -0.4 is 0 Å². The molecule has 29 heavy (non-hydrogen) atoms. The van der Waals surface area contributed by atoms with Gasteiger partial charge in [0.25, 0.3) is 0 Å². The molecule has 0 radical (unpaired) electrons. The molecule has 0 aliphatic rings. The summed E-state index contributed by atoms with van der Waals surface area (Å²) >= 11 is 0. The number of fused-ring (bicyclic) bond motifs is 1. The summed E-state index contributed by atoms with van der Waals surface area (Å²) in [4.78, 5) is 3.22.